The number of anilines is 1. The van der Waals surface area contributed by atoms with Crippen molar-refractivity contribution in [2.45, 2.75) is 25.9 Å². The predicted molar refractivity (Wildman–Crippen MR) is 106 cm³/mol. The van der Waals surface area contributed by atoms with E-state index in [1.807, 2.05) is 0 Å². The third-order valence-corrected chi connectivity index (χ3v) is 5.21. The zero-order chi connectivity index (χ0) is 21.3. The van der Waals surface area contributed by atoms with Gasteiger partial charge in [0.1, 0.15) is 0 Å². The van der Waals surface area contributed by atoms with Crippen LogP contribution in [0.4, 0.5) is 18.9 Å². The van der Waals surface area contributed by atoms with E-state index in [9.17, 15) is 22.2 Å². The average molecular weight is 439 g/mol. The highest BCUT2D eigenvalue weighted by Crippen LogP contribution is 2.20. The molecule has 28 heavy (non-hydrogen) atoms. The van der Waals surface area contributed by atoms with Gasteiger partial charge in [-0.15, -0.1) is 0 Å². The van der Waals surface area contributed by atoms with E-state index in [0.717, 1.165) is 0 Å². The van der Waals surface area contributed by atoms with Crippen LogP contribution in [-0.2, 0) is 15.6 Å². The molecule has 1 atom stereocenters. The van der Waals surface area contributed by atoms with E-state index >= 15 is 0 Å². The topological polar surface area (TPSA) is 65.9 Å². The molecule has 1 aromatic heterocycles. The third kappa shape index (κ3) is 8.39. The molecule has 0 aliphatic rings. The highest BCUT2D eigenvalue weighted by atomic mass is 35.5. The SMILES string of the molecule is C=C(/C(Cl)=N\N(C)c1cccnc1)N(CC)C(=O)CCS(=O)CCC(F)(F)F. The molecule has 1 amide bonds. The number of carbonyl (C=O) groups is 1. The summed E-state index contributed by atoms with van der Waals surface area (Å²) >= 11 is 6.17. The maximum atomic E-state index is 12.4. The second-order valence-corrected chi connectivity index (χ2v) is 7.73. The van der Waals surface area contributed by atoms with Crippen LogP contribution in [0.5, 0.6) is 0 Å². The van der Waals surface area contributed by atoms with Gasteiger partial charge >= 0.3 is 6.18 Å². The van der Waals surface area contributed by atoms with Crippen molar-refractivity contribution in [2.24, 2.45) is 5.10 Å². The second-order valence-electron chi connectivity index (χ2n) is 5.67. The molecule has 11 heteroatoms. The lowest BCUT2D eigenvalue weighted by atomic mass is 10.3. The third-order valence-electron chi connectivity index (χ3n) is 3.60. The van der Waals surface area contributed by atoms with E-state index in [2.05, 4.69) is 16.7 Å². The van der Waals surface area contributed by atoms with Crippen molar-refractivity contribution in [3.05, 3.63) is 36.8 Å². The normalized spacial score (nSPS) is 13.1. The molecule has 6 nitrogen and oxygen atoms in total. The van der Waals surface area contributed by atoms with Crippen LogP contribution in [0.1, 0.15) is 19.8 Å². The standard InChI is InChI=1S/C17H22ClF3N4O2S/c1-4-25(15(26)7-10-28(27)11-8-17(19,20)21)13(2)16(18)23-24(3)14-6-5-9-22-12-14/h5-6,9,12H,2,4,7-8,10-11H2,1,3H3/b23-16+. The molecule has 1 heterocycles. The molecule has 0 bridgehead atoms. The Hall–Kier alpha value is -1.94. The number of pyridine rings is 1. The maximum absolute atomic E-state index is 12.4. The summed E-state index contributed by atoms with van der Waals surface area (Å²) in [6.07, 6.45) is -2.50. The van der Waals surface area contributed by atoms with Crippen molar-refractivity contribution in [3.8, 4) is 0 Å². The zero-order valence-corrected chi connectivity index (χ0v) is 17.1. The van der Waals surface area contributed by atoms with Crippen LogP contribution < -0.4 is 5.01 Å². The van der Waals surface area contributed by atoms with Crippen molar-refractivity contribution >= 4 is 39.2 Å². The molecule has 1 unspecified atom stereocenters. The molecule has 1 aromatic rings. The number of nitrogens with zero attached hydrogens (tertiary/aromatic N) is 4. The van der Waals surface area contributed by atoms with E-state index in [4.69, 9.17) is 11.6 Å². The van der Waals surface area contributed by atoms with Crippen LogP contribution in [0.3, 0.4) is 0 Å². The van der Waals surface area contributed by atoms with E-state index in [0.29, 0.717) is 5.69 Å². The number of hydrogen-bond acceptors (Lipinski definition) is 5. The Morgan fingerprint density at radius 3 is 2.61 bits per heavy atom. The number of alkyl halides is 3. The van der Waals surface area contributed by atoms with Crippen LogP contribution in [0.2, 0.25) is 0 Å². The van der Waals surface area contributed by atoms with Crippen molar-refractivity contribution in [2.75, 3.05) is 30.1 Å². The maximum Gasteiger partial charge on any atom is 0.390 e. The molecule has 0 aromatic carbocycles. The summed E-state index contributed by atoms with van der Waals surface area (Å²) in [5, 5.41) is 5.58. The first-order valence-electron chi connectivity index (χ1n) is 8.34. The molecule has 0 aliphatic carbocycles. The van der Waals surface area contributed by atoms with Crippen molar-refractivity contribution in [3.63, 3.8) is 0 Å². The van der Waals surface area contributed by atoms with Gasteiger partial charge < -0.3 is 4.90 Å². The van der Waals surface area contributed by atoms with Gasteiger partial charge in [0.2, 0.25) is 5.91 Å². The fourth-order valence-corrected chi connectivity index (χ4v) is 3.37. The first-order valence-corrected chi connectivity index (χ1v) is 10.2. The summed E-state index contributed by atoms with van der Waals surface area (Å²) in [5.74, 6) is -1.13. The Labute approximate surface area is 169 Å². The van der Waals surface area contributed by atoms with E-state index in [1.165, 1.54) is 9.91 Å². The number of carbonyl (C=O) groups excluding carboxylic acids is 1. The summed E-state index contributed by atoms with van der Waals surface area (Å²) in [6, 6.07) is 3.49. The lowest BCUT2D eigenvalue weighted by Gasteiger charge is -2.23. The monoisotopic (exact) mass is 438 g/mol. The molecular formula is C17H22ClF3N4O2S. The molecule has 0 saturated carbocycles. The molecule has 1 rings (SSSR count). The van der Waals surface area contributed by atoms with Gasteiger partial charge in [-0.3, -0.25) is 19.0 Å². The number of hydrogen-bond donors (Lipinski definition) is 0. The fourth-order valence-electron chi connectivity index (χ4n) is 2.09. The molecule has 0 N–H and O–H groups in total. The molecule has 0 aliphatic heterocycles. The quantitative estimate of drug-likeness (QED) is 0.414. The van der Waals surface area contributed by atoms with Gasteiger partial charge in [-0.1, -0.05) is 18.2 Å². The highest BCUT2D eigenvalue weighted by molar-refractivity contribution is 7.84. The minimum atomic E-state index is -4.37. The molecular weight excluding hydrogens is 417 g/mol. The molecule has 0 spiro atoms. The number of amides is 1. The average Bonchev–Trinajstić information content (AvgIpc) is 2.65. The zero-order valence-electron chi connectivity index (χ0n) is 15.6. The smallest absolute Gasteiger partial charge is 0.310 e. The first kappa shape index (κ1) is 24.1. The largest absolute Gasteiger partial charge is 0.390 e. The van der Waals surface area contributed by atoms with Crippen LogP contribution in [0.15, 0.2) is 41.9 Å². The Balaban J connectivity index is 2.67. The Morgan fingerprint density at radius 2 is 2.07 bits per heavy atom. The van der Waals surface area contributed by atoms with E-state index in [-0.39, 0.29) is 29.6 Å². The van der Waals surface area contributed by atoms with Gasteiger partial charge in [-0.25, -0.2) is 0 Å². The summed E-state index contributed by atoms with van der Waals surface area (Å²) in [5.41, 5.74) is 0.814. The van der Waals surface area contributed by atoms with Gasteiger partial charge in [-0.2, -0.15) is 18.3 Å². The van der Waals surface area contributed by atoms with E-state index in [1.54, 1.807) is 38.5 Å². The summed E-state index contributed by atoms with van der Waals surface area (Å²) < 4.78 is 48.2. The van der Waals surface area contributed by atoms with Crippen LogP contribution in [0.25, 0.3) is 0 Å². The molecule has 0 radical (unpaired) electrons. The molecule has 0 saturated heterocycles. The summed E-state index contributed by atoms with van der Waals surface area (Å²) in [4.78, 5) is 17.6. The first-order chi connectivity index (χ1) is 13.0. The van der Waals surface area contributed by atoms with Gasteiger partial charge in [0.25, 0.3) is 0 Å². The number of halogens is 4. The minimum absolute atomic E-state index is 0.0280. The second kappa shape index (κ2) is 11.2. The van der Waals surface area contributed by atoms with Crippen LogP contribution in [-0.4, -0.2) is 56.4 Å². The predicted octanol–water partition coefficient (Wildman–Crippen LogP) is 3.52. The molecule has 0 fully saturated rings. The minimum Gasteiger partial charge on any atom is -0.310 e. The van der Waals surface area contributed by atoms with Gasteiger partial charge in [0.05, 0.1) is 24.0 Å². The Morgan fingerprint density at radius 1 is 1.39 bits per heavy atom. The van der Waals surface area contributed by atoms with Gasteiger partial charge in [0.15, 0.2) is 5.17 Å². The summed E-state index contributed by atoms with van der Waals surface area (Å²) in [7, 11) is -0.0917. The van der Waals surface area contributed by atoms with Crippen molar-refractivity contribution in [1.82, 2.24) is 9.88 Å². The number of hydrazone groups is 1. The number of rotatable bonds is 10. The van der Waals surface area contributed by atoms with Crippen LogP contribution >= 0.6 is 11.6 Å². The number of aromatic nitrogens is 1. The lowest BCUT2D eigenvalue weighted by Crippen LogP contribution is -2.33. The Kier molecular flexibility index (Phi) is 9.60. The number of allylic oxidation sites excluding steroid dienone is 1. The lowest BCUT2D eigenvalue weighted by molar-refractivity contribution is -0.129. The fraction of sp³-hybridized carbons (Fsp3) is 0.471. The van der Waals surface area contributed by atoms with Gasteiger partial charge in [0, 0.05) is 48.5 Å². The van der Waals surface area contributed by atoms with Crippen LogP contribution in [0, 0.1) is 0 Å². The van der Waals surface area contributed by atoms with E-state index < -0.39 is 35.1 Å². The molecule has 156 valence electrons. The highest BCUT2D eigenvalue weighted by Gasteiger charge is 2.28. The van der Waals surface area contributed by atoms with Crippen molar-refractivity contribution in [1.29, 1.82) is 0 Å². The summed E-state index contributed by atoms with van der Waals surface area (Å²) in [6.45, 7) is 5.69. The van der Waals surface area contributed by atoms with Crippen molar-refractivity contribution < 1.29 is 22.2 Å². The Bertz CT molecular complexity index is 729. The van der Waals surface area contributed by atoms with Gasteiger partial charge in [-0.05, 0) is 19.1 Å².